The van der Waals surface area contributed by atoms with Crippen LogP contribution in [0.1, 0.15) is 34.1 Å². The van der Waals surface area contributed by atoms with E-state index in [0.29, 0.717) is 19.8 Å². The average Bonchev–Trinajstić information content (AvgIpc) is 2.19. The van der Waals surface area contributed by atoms with Gasteiger partial charge in [0.15, 0.2) is 7.46 Å². The first-order chi connectivity index (χ1) is 7.16. The molecule has 0 aliphatic carbocycles. The molecule has 0 fully saturated rings. The first-order valence-corrected chi connectivity index (χ1v) is 12.2. The average molecular weight is 269 g/mol. The Morgan fingerprint density at radius 3 is 1.60 bits per heavy atom. The van der Waals surface area contributed by atoms with E-state index < -0.39 is 15.8 Å². The zero-order chi connectivity index (χ0) is 11.7. The maximum absolute atomic E-state index is 5.80. The highest BCUT2D eigenvalue weighted by Gasteiger charge is 2.47. The van der Waals surface area contributed by atoms with E-state index in [0.717, 1.165) is 12.5 Å². The Hall–Kier alpha value is 0.664. The molecule has 0 saturated carbocycles. The first kappa shape index (κ1) is 15.7. The summed E-state index contributed by atoms with van der Waals surface area (Å²) < 4.78 is 17.4. The quantitative estimate of drug-likeness (QED) is 0.513. The lowest BCUT2D eigenvalue weighted by molar-refractivity contribution is 0.0925. The van der Waals surface area contributed by atoms with Crippen LogP contribution in [0.15, 0.2) is 0 Å². The minimum atomic E-state index is -2.42. The number of rotatable bonds is 9. The van der Waals surface area contributed by atoms with Crippen molar-refractivity contribution in [2.45, 2.75) is 40.2 Å². The molecule has 0 aromatic rings. The van der Waals surface area contributed by atoms with Gasteiger partial charge in [-0.1, -0.05) is 13.3 Å². The summed E-state index contributed by atoms with van der Waals surface area (Å²) in [6.45, 7) is 10.1. The highest BCUT2D eigenvalue weighted by atomic mass is 32.3. The molecule has 0 rings (SSSR count). The van der Waals surface area contributed by atoms with Gasteiger partial charge < -0.3 is 13.3 Å². The van der Waals surface area contributed by atoms with Crippen LogP contribution < -0.4 is 0 Å². The summed E-state index contributed by atoms with van der Waals surface area (Å²) in [5.41, 5.74) is 0. The van der Waals surface area contributed by atoms with Gasteiger partial charge in [0.2, 0.25) is 0 Å². The molecule has 92 valence electrons. The van der Waals surface area contributed by atoms with E-state index in [4.69, 9.17) is 25.4 Å². The predicted octanol–water partition coefficient (Wildman–Crippen LogP) is 2.18. The SMILES string of the molecule is CCC[SiH](S)[Si](OCC)(OCC)OCC. The largest absolute Gasteiger partial charge is 0.478 e. The van der Waals surface area contributed by atoms with Crippen molar-refractivity contribution in [1.82, 2.24) is 0 Å². The van der Waals surface area contributed by atoms with Crippen molar-refractivity contribution in [3.05, 3.63) is 0 Å². The summed E-state index contributed by atoms with van der Waals surface area (Å²) in [4.78, 5) is 0. The Morgan fingerprint density at radius 1 is 0.933 bits per heavy atom. The van der Waals surface area contributed by atoms with Gasteiger partial charge >= 0.3 is 8.32 Å². The van der Waals surface area contributed by atoms with Gasteiger partial charge in [-0.3, -0.25) is 0 Å². The third-order valence-corrected chi connectivity index (χ3v) is 14.5. The fourth-order valence-electron chi connectivity index (χ4n) is 1.47. The molecular weight excluding hydrogens is 244 g/mol. The zero-order valence-corrected chi connectivity index (χ0v) is 13.3. The third-order valence-electron chi connectivity index (χ3n) is 2.01. The summed E-state index contributed by atoms with van der Waals surface area (Å²) in [5, 5.41) is 0. The number of hydrogen-bond donors (Lipinski definition) is 1. The Balaban J connectivity index is 4.57. The maximum atomic E-state index is 5.80. The lowest BCUT2D eigenvalue weighted by atomic mass is 10.6. The molecule has 0 radical (unpaired) electrons. The molecule has 6 heteroatoms. The van der Waals surface area contributed by atoms with Crippen LogP contribution in [0.5, 0.6) is 0 Å². The summed E-state index contributed by atoms with van der Waals surface area (Å²) in [6, 6.07) is 1.11. The molecule has 0 spiro atoms. The Labute approximate surface area is 101 Å². The van der Waals surface area contributed by atoms with Crippen molar-refractivity contribution in [3.8, 4) is 0 Å². The molecule has 0 amide bonds. The second-order valence-electron chi connectivity index (χ2n) is 3.21. The lowest BCUT2D eigenvalue weighted by Crippen LogP contribution is -2.57. The van der Waals surface area contributed by atoms with Crippen LogP contribution >= 0.6 is 12.1 Å². The van der Waals surface area contributed by atoms with Gasteiger partial charge in [0.05, 0.1) is 0 Å². The minimum absolute atomic E-state index is 0.653. The van der Waals surface area contributed by atoms with Crippen molar-refractivity contribution < 1.29 is 13.3 Å². The number of thiol groups is 1. The third kappa shape index (κ3) is 5.01. The predicted molar refractivity (Wildman–Crippen MR) is 71.9 cm³/mol. The topological polar surface area (TPSA) is 27.7 Å². The second kappa shape index (κ2) is 8.77. The van der Waals surface area contributed by atoms with E-state index >= 15 is 0 Å². The van der Waals surface area contributed by atoms with E-state index in [-0.39, 0.29) is 0 Å². The van der Waals surface area contributed by atoms with Crippen molar-refractivity contribution in [2.24, 2.45) is 0 Å². The standard InChI is InChI=1S/C9H24O3SSi2/c1-5-9-14(13)15(10-6-2,11-7-3)12-8-4/h13-14H,5-9H2,1-4H3. The summed E-state index contributed by atoms with van der Waals surface area (Å²) >= 11 is 4.72. The smallest absolute Gasteiger partial charge is 0.376 e. The molecule has 0 N–H and O–H groups in total. The van der Waals surface area contributed by atoms with E-state index in [9.17, 15) is 0 Å². The van der Waals surface area contributed by atoms with Gasteiger partial charge in [-0.15, -0.1) is 0 Å². The summed E-state index contributed by atoms with van der Waals surface area (Å²) in [7, 11) is -3.76. The zero-order valence-electron chi connectivity index (χ0n) is 10.3. The van der Waals surface area contributed by atoms with Crippen LogP contribution in [0.2, 0.25) is 6.04 Å². The Bertz CT molecular complexity index is 143. The minimum Gasteiger partial charge on any atom is -0.376 e. The molecule has 3 nitrogen and oxygen atoms in total. The van der Waals surface area contributed by atoms with Crippen molar-refractivity contribution in [2.75, 3.05) is 19.8 Å². The highest BCUT2D eigenvalue weighted by Crippen LogP contribution is 2.20. The van der Waals surface area contributed by atoms with Crippen LogP contribution in [-0.2, 0) is 13.3 Å². The molecule has 0 aromatic heterocycles. The van der Waals surface area contributed by atoms with E-state index in [2.05, 4.69) is 6.92 Å². The molecular formula is C9H24O3SSi2. The summed E-state index contributed by atoms with van der Waals surface area (Å²) in [6.07, 6.45) is 1.13. The van der Waals surface area contributed by atoms with Crippen molar-refractivity contribution >= 4 is 27.9 Å². The second-order valence-corrected chi connectivity index (χ2v) is 14.4. The maximum Gasteiger partial charge on any atom is 0.478 e. The Morgan fingerprint density at radius 2 is 1.33 bits per heavy atom. The van der Waals surface area contributed by atoms with E-state index in [1.54, 1.807) is 0 Å². The Kier molecular flexibility index (Phi) is 9.16. The van der Waals surface area contributed by atoms with Crippen LogP contribution in [0, 0.1) is 0 Å². The van der Waals surface area contributed by atoms with Crippen molar-refractivity contribution in [1.29, 1.82) is 0 Å². The van der Waals surface area contributed by atoms with E-state index in [1.165, 1.54) is 0 Å². The van der Waals surface area contributed by atoms with Gasteiger partial charge in [-0.05, 0) is 26.8 Å². The van der Waals surface area contributed by atoms with E-state index in [1.807, 2.05) is 20.8 Å². The van der Waals surface area contributed by atoms with Crippen LogP contribution in [-0.4, -0.2) is 35.6 Å². The van der Waals surface area contributed by atoms with Gasteiger partial charge in [0, 0.05) is 19.8 Å². The molecule has 0 aliphatic heterocycles. The van der Waals surface area contributed by atoms with Crippen LogP contribution in [0.25, 0.3) is 0 Å². The lowest BCUT2D eigenvalue weighted by Gasteiger charge is -2.32. The van der Waals surface area contributed by atoms with Crippen LogP contribution in [0.4, 0.5) is 0 Å². The molecule has 0 bridgehead atoms. The fourth-order valence-corrected chi connectivity index (χ4v) is 12.3. The first-order valence-electron chi connectivity index (χ1n) is 5.76. The molecule has 0 aromatic carbocycles. The van der Waals surface area contributed by atoms with Crippen LogP contribution in [0.3, 0.4) is 0 Å². The fraction of sp³-hybridized carbons (Fsp3) is 1.00. The molecule has 1 atom stereocenters. The summed E-state index contributed by atoms with van der Waals surface area (Å²) in [5.74, 6) is 0. The molecule has 1 unspecified atom stereocenters. The number of hydrogen-bond acceptors (Lipinski definition) is 4. The van der Waals surface area contributed by atoms with Gasteiger partial charge in [0.1, 0.15) is 0 Å². The highest BCUT2D eigenvalue weighted by molar-refractivity contribution is 8.17. The molecule has 15 heavy (non-hydrogen) atoms. The normalized spacial score (nSPS) is 14.2. The van der Waals surface area contributed by atoms with Gasteiger partial charge in [-0.2, -0.15) is 0 Å². The van der Waals surface area contributed by atoms with Gasteiger partial charge in [-0.25, -0.2) is 12.1 Å². The van der Waals surface area contributed by atoms with Gasteiger partial charge in [0.25, 0.3) is 0 Å². The molecule has 0 aliphatic rings. The monoisotopic (exact) mass is 268 g/mol. The van der Waals surface area contributed by atoms with Crippen molar-refractivity contribution in [3.63, 3.8) is 0 Å². The molecule has 0 saturated heterocycles. The molecule has 0 heterocycles.